The fourth-order valence-electron chi connectivity index (χ4n) is 4.09. The molecule has 0 unspecified atom stereocenters. The van der Waals surface area contributed by atoms with Gasteiger partial charge in [0.2, 0.25) is 0 Å². The van der Waals surface area contributed by atoms with E-state index < -0.39 is 23.7 Å². The fraction of sp³-hybridized carbons (Fsp3) is 0.345. The second-order valence-electron chi connectivity index (χ2n) is 8.74. The third-order valence-corrected chi connectivity index (χ3v) is 7.03. The van der Waals surface area contributed by atoms with Gasteiger partial charge in [0.15, 0.2) is 6.10 Å². The molecule has 0 saturated carbocycles. The molecule has 0 aliphatic carbocycles. The Morgan fingerprint density at radius 3 is 1.89 bits per heavy atom. The maximum absolute atomic E-state index is 12.2. The van der Waals surface area contributed by atoms with Gasteiger partial charge in [-0.1, -0.05) is 90.1 Å². The SMILES string of the molecule is CC(=O)O[C@@H]1[C@H](OCc2ccccc2)[C@@H](OCc2ccccc2)[C@H](C)O[C@H]1Sc1ccc(C)cc1. The van der Waals surface area contributed by atoms with Crippen molar-refractivity contribution in [2.24, 2.45) is 0 Å². The Balaban J connectivity index is 1.58. The van der Waals surface area contributed by atoms with Gasteiger partial charge in [-0.05, 0) is 37.1 Å². The number of thioether (sulfide) groups is 1. The normalized spacial score (nSPS) is 24.1. The molecule has 5 atom stereocenters. The molecule has 0 bridgehead atoms. The van der Waals surface area contributed by atoms with Gasteiger partial charge < -0.3 is 18.9 Å². The monoisotopic (exact) mass is 492 g/mol. The zero-order valence-electron chi connectivity index (χ0n) is 20.3. The van der Waals surface area contributed by atoms with E-state index in [1.807, 2.05) is 67.6 Å². The Hall–Kier alpha value is -2.64. The predicted octanol–water partition coefficient (Wildman–Crippen LogP) is 5.93. The van der Waals surface area contributed by atoms with Crippen LogP contribution in [-0.2, 0) is 37.0 Å². The summed E-state index contributed by atoms with van der Waals surface area (Å²) in [5.74, 6) is -0.377. The molecule has 184 valence electrons. The molecule has 3 aromatic carbocycles. The minimum absolute atomic E-state index is 0.269. The Bertz CT molecular complexity index is 1060. The Kier molecular flexibility index (Phi) is 8.99. The number of aryl methyl sites for hydroxylation is 1. The molecule has 6 heteroatoms. The Labute approximate surface area is 211 Å². The zero-order valence-corrected chi connectivity index (χ0v) is 21.1. The van der Waals surface area contributed by atoms with Crippen molar-refractivity contribution in [2.75, 3.05) is 0 Å². The summed E-state index contributed by atoms with van der Waals surface area (Å²) in [5, 5.41) is 0. The smallest absolute Gasteiger partial charge is 0.303 e. The molecule has 0 spiro atoms. The van der Waals surface area contributed by atoms with Crippen molar-refractivity contribution < 1.29 is 23.7 Å². The lowest BCUT2D eigenvalue weighted by atomic mass is 9.99. The van der Waals surface area contributed by atoms with E-state index in [0.717, 1.165) is 16.0 Å². The second-order valence-corrected chi connectivity index (χ2v) is 9.91. The van der Waals surface area contributed by atoms with Crippen molar-refractivity contribution in [3.05, 3.63) is 102 Å². The van der Waals surface area contributed by atoms with E-state index in [1.165, 1.54) is 24.2 Å². The first-order chi connectivity index (χ1) is 17.0. The van der Waals surface area contributed by atoms with Crippen LogP contribution < -0.4 is 0 Å². The van der Waals surface area contributed by atoms with Crippen LogP contribution in [0.15, 0.2) is 89.8 Å². The lowest BCUT2D eigenvalue weighted by molar-refractivity contribution is -0.237. The van der Waals surface area contributed by atoms with Crippen LogP contribution in [0.25, 0.3) is 0 Å². The highest BCUT2D eigenvalue weighted by molar-refractivity contribution is 7.99. The molecule has 5 nitrogen and oxygen atoms in total. The van der Waals surface area contributed by atoms with Gasteiger partial charge >= 0.3 is 5.97 Å². The number of ether oxygens (including phenoxy) is 4. The topological polar surface area (TPSA) is 54.0 Å². The largest absolute Gasteiger partial charge is 0.456 e. The molecule has 1 aliphatic heterocycles. The summed E-state index contributed by atoms with van der Waals surface area (Å²) < 4.78 is 25.0. The van der Waals surface area contributed by atoms with Crippen LogP contribution in [0.3, 0.4) is 0 Å². The maximum atomic E-state index is 12.2. The highest BCUT2D eigenvalue weighted by Crippen LogP contribution is 2.37. The molecule has 0 N–H and O–H groups in total. The molecule has 0 amide bonds. The Morgan fingerprint density at radius 2 is 1.34 bits per heavy atom. The van der Waals surface area contributed by atoms with E-state index in [4.69, 9.17) is 18.9 Å². The van der Waals surface area contributed by atoms with Crippen molar-refractivity contribution in [1.82, 2.24) is 0 Å². The van der Waals surface area contributed by atoms with Gasteiger partial charge in [0.05, 0.1) is 19.3 Å². The number of benzene rings is 3. The van der Waals surface area contributed by atoms with Crippen LogP contribution >= 0.6 is 11.8 Å². The van der Waals surface area contributed by atoms with Crippen LogP contribution in [0, 0.1) is 6.92 Å². The molecule has 1 heterocycles. The van der Waals surface area contributed by atoms with Gasteiger partial charge in [-0.3, -0.25) is 4.79 Å². The fourth-order valence-corrected chi connectivity index (χ4v) is 5.23. The first-order valence-electron chi connectivity index (χ1n) is 11.9. The van der Waals surface area contributed by atoms with Crippen molar-refractivity contribution in [3.8, 4) is 0 Å². The number of rotatable bonds is 9. The van der Waals surface area contributed by atoms with Crippen LogP contribution in [0.1, 0.15) is 30.5 Å². The number of hydrogen-bond donors (Lipinski definition) is 0. The number of hydrogen-bond acceptors (Lipinski definition) is 6. The number of esters is 1. The van der Waals surface area contributed by atoms with Crippen molar-refractivity contribution in [3.63, 3.8) is 0 Å². The summed E-state index contributed by atoms with van der Waals surface area (Å²) in [6.07, 6.45) is -1.83. The zero-order chi connectivity index (χ0) is 24.6. The molecule has 1 saturated heterocycles. The first kappa shape index (κ1) is 25.5. The van der Waals surface area contributed by atoms with Gasteiger partial charge in [0.25, 0.3) is 0 Å². The molecule has 4 rings (SSSR count). The minimum atomic E-state index is -0.639. The average molecular weight is 493 g/mol. The molecule has 1 fully saturated rings. The van der Waals surface area contributed by atoms with E-state index in [-0.39, 0.29) is 12.1 Å². The Morgan fingerprint density at radius 1 is 0.800 bits per heavy atom. The van der Waals surface area contributed by atoms with E-state index in [9.17, 15) is 4.79 Å². The molecule has 0 radical (unpaired) electrons. The van der Waals surface area contributed by atoms with E-state index >= 15 is 0 Å². The van der Waals surface area contributed by atoms with Gasteiger partial charge in [-0.2, -0.15) is 0 Å². The summed E-state index contributed by atoms with van der Waals surface area (Å²) in [6, 6.07) is 28.2. The molecular formula is C29H32O5S. The minimum Gasteiger partial charge on any atom is -0.456 e. The third-order valence-electron chi connectivity index (χ3n) is 5.87. The summed E-state index contributed by atoms with van der Waals surface area (Å²) in [5.41, 5.74) is 2.84. The predicted molar refractivity (Wildman–Crippen MR) is 137 cm³/mol. The second kappa shape index (κ2) is 12.4. The summed E-state index contributed by atoms with van der Waals surface area (Å²) in [6.45, 7) is 6.24. The first-order valence-corrected chi connectivity index (χ1v) is 12.7. The summed E-state index contributed by atoms with van der Waals surface area (Å²) >= 11 is 1.53. The van der Waals surface area contributed by atoms with E-state index in [0.29, 0.717) is 13.2 Å². The molecule has 35 heavy (non-hydrogen) atoms. The van der Waals surface area contributed by atoms with Crippen molar-refractivity contribution in [2.45, 2.75) is 68.7 Å². The van der Waals surface area contributed by atoms with Crippen LogP contribution in [0.5, 0.6) is 0 Å². The number of carbonyl (C=O) groups excluding carboxylic acids is 1. The van der Waals surface area contributed by atoms with Gasteiger partial charge in [0, 0.05) is 11.8 Å². The highest BCUT2D eigenvalue weighted by Gasteiger charge is 2.48. The summed E-state index contributed by atoms with van der Waals surface area (Å²) in [7, 11) is 0. The van der Waals surface area contributed by atoms with Crippen molar-refractivity contribution >= 4 is 17.7 Å². The lowest BCUT2D eigenvalue weighted by Crippen LogP contribution is -2.58. The molecular weight excluding hydrogens is 460 g/mol. The highest BCUT2D eigenvalue weighted by atomic mass is 32.2. The quantitative estimate of drug-likeness (QED) is 0.345. The molecule has 3 aromatic rings. The molecule has 1 aliphatic rings. The third kappa shape index (κ3) is 7.18. The lowest BCUT2D eigenvalue weighted by Gasteiger charge is -2.44. The standard InChI is InChI=1S/C29H32O5S/c1-20-14-16-25(17-15-20)35-29-28(34-22(3)30)27(32-19-24-12-8-5-9-13-24)26(21(2)33-29)31-18-23-10-6-4-7-11-23/h4-17,21,26-29H,18-19H2,1-3H3/t21-,26-,27+,28+,29-/m0/s1. The maximum Gasteiger partial charge on any atom is 0.303 e. The van der Waals surface area contributed by atoms with Crippen molar-refractivity contribution in [1.29, 1.82) is 0 Å². The summed E-state index contributed by atoms with van der Waals surface area (Å²) in [4.78, 5) is 13.2. The van der Waals surface area contributed by atoms with Crippen LogP contribution in [0.2, 0.25) is 0 Å². The van der Waals surface area contributed by atoms with Gasteiger partial charge in [0.1, 0.15) is 17.6 Å². The average Bonchev–Trinajstić information content (AvgIpc) is 2.86. The number of carbonyl (C=O) groups is 1. The molecule has 0 aromatic heterocycles. The van der Waals surface area contributed by atoms with E-state index in [2.05, 4.69) is 31.2 Å². The van der Waals surface area contributed by atoms with Crippen LogP contribution in [-0.4, -0.2) is 35.8 Å². The van der Waals surface area contributed by atoms with E-state index in [1.54, 1.807) is 0 Å². The van der Waals surface area contributed by atoms with Gasteiger partial charge in [-0.25, -0.2) is 0 Å². The van der Waals surface area contributed by atoms with Crippen LogP contribution in [0.4, 0.5) is 0 Å². The van der Waals surface area contributed by atoms with Gasteiger partial charge in [-0.15, -0.1) is 0 Å².